The number of hydrogen-bond donors (Lipinski definition) is 1. The van der Waals surface area contributed by atoms with Gasteiger partial charge in [-0.25, -0.2) is 0 Å². The van der Waals surface area contributed by atoms with E-state index in [0.717, 1.165) is 10.0 Å². The molecule has 0 saturated heterocycles. The molecule has 0 aromatic heterocycles. The Balaban J connectivity index is 2.08. The van der Waals surface area contributed by atoms with Crippen LogP contribution in [0.3, 0.4) is 0 Å². The first-order valence-electron chi connectivity index (χ1n) is 6.85. The standard InChI is InChI=1S/C15H18BrF3O2/c1-21-13-3-2-12(16)8-10(13)9-14(20)6-4-11(5-7-14)15(17,18)19/h2-3,8,11,20H,4-7,9H2,1H3. The zero-order valence-corrected chi connectivity index (χ0v) is 13.3. The van der Waals surface area contributed by atoms with Gasteiger partial charge in [-0.2, -0.15) is 13.2 Å². The van der Waals surface area contributed by atoms with Crippen molar-refractivity contribution in [1.29, 1.82) is 0 Å². The smallest absolute Gasteiger partial charge is 0.391 e. The Bertz CT molecular complexity index is 494. The minimum Gasteiger partial charge on any atom is -0.496 e. The summed E-state index contributed by atoms with van der Waals surface area (Å²) in [7, 11) is 1.54. The predicted molar refractivity (Wildman–Crippen MR) is 77.4 cm³/mol. The molecule has 1 aromatic rings. The summed E-state index contributed by atoms with van der Waals surface area (Å²) in [5.41, 5.74) is -0.282. The molecule has 0 heterocycles. The molecule has 118 valence electrons. The lowest BCUT2D eigenvalue weighted by Crippen LogP contribution is -2.39. The first-order chi connectivity index (χ1) is 9.73. The molecule has 2 rings (SSSR count). The minimum atomic E-state index is -4.16. The third-order valence-electron chi connectivity index (χ3n) is 4.14. The van der Waals surface area contributed by atoms with Gasteiger partial charge in [-0.15, -0.1) is 0 Å². The lowest BCUT2D eigenvalue weighted by Gasteiger charge is -2.37. The van der Waals surface area contributed by atoms with Gasteiger partial charge in [0.05, 0.1) is 18.6 Å². The molecule has 0 unspecified atom stereocenters. The molecule has 1 fully saturated rings. The molecular formula is C15H18BrF3O2. The van der Waals surface area contributed by atoms with Crippen LogP contribution in [0, 0.1) is 5.92 Å². The lowest BCUT2D eigenvalue weighted by atomic mass is 9.75. The van der Waals surface area contributed by atoms with Gasteiger partial charge in [0.1, 0.15) is 5.75 Å². The van der Waals surface area contributed by atoms with Crippen LogP contribution in [0.15, 0.2) is 22.7 Å². The molecule has 1 aromatic carbocycles. The van der Waals surface area contributed by atoms with Gasteiger partial charge in [-0.05, 0) is 49.4 Å². The van der Waals surface area contributed by atoms with Gasteiger partial charge in [-0.3, -0.25) is 0 Å². The lowest BCUT2D eigenvalue weighted by molar-refractivity contribution is -0.192. The maximum atomic E-state index is 12.7. The molecular weight excluding hydrogens is 349 g/mol. The molecule has 0 amide bonds. The van der Waals surface area contributed by atoms with Crippen molar-refractivity contribution in [2.45, 2.75) is 43.9 Å². The van der Waals surface area contributed by atoms with E-state index in [4.69, 9.17) is 4.74 Å². The molecule has 1 saturated carbocycles. The topological polar surface area (TPSA) is 29.5 Å². The number of ether oxygens (including phenoxy) is 1. The number of aliphatic hydroxyl groups is 1. The SMILES string of the molecule is COc1ccc(Br)cc1CC1(O)CCC(C(F)(F)F)CC1. The van der Waals surface area contributed by atoms with Crippen LogP contribution in [0.5, 0.6) is 5.75 Å². The first-order valence-corrected chi connectivity index (χ1v) is 7.64. The molecule has 0 aliphatic heterocycles. The second-order valence-electron chi connectivity index (χ2n) is 5.67. The molecule has 0 bridgehead atoms. The van der Waals surface area contributed by atoms with Crippen LogP contribution in [-0.4, -0.2) is 24.0 Å². The van der Waals surface area contributed by atoms with Crippen LogP contribution in [0.4, 0.5) is 13.2 Å². The fourth-order valence-corrected chi connectivity index (χ4v) is 3.31. The summed E-state index contributed by atoms with van der Waals surface area (Å²) in [4.78, 5) is 0. The molecule has 1 aliphatic rings. The summed E-state index contributed by atoms with van der Waals surface area (Å²) in [5.74, 6) is -0.647. The van der Waals surface area contributed by atoms with Crippen LogP contribution in [0.25, 0.3) is 0 Å². The quantitative estimate of drug-likeness (QED) is 0.854. The molecule has 21 heavy (non-hydrogen) atoms. The normalized spacial score (nSPS) is 26.7. The second-order valence-corrected chi connectivity index (χ2v) is 6.59. The molecule has 0 spiro atoms. The van der Waals surface area contributed by atoms with E-state index in [9.17, 15) is 18.3 Å². The van der Waals surface area contributed by atoms with Gasteiger partial charge < -0.3 is 9.84 Å². The summed E-state index contributed by atoms with van der Waals surface area (Å²) in [6.45, 7) is 0. The van der Waals surface area contributed by atoms with Crippen molar-refractivity contribution in [3.05, 3.63) is 28.2 Å². The van der Waals surface area contributed by atoms with Crippen molar-refractivity contribution in [3.8, 4) is 5.75 Å². The van der Waals surface area contributed by atoms with Gasteiger partial charge in [-0.1, -0.05) is 15.9 Å². The minimum absolute atomic E-state index is 0.0175. The molecule has 1 aliphatic carbocycles. The second kappa shape index (κ2) is 6.16. The fraction of sp³-hybridized carbons (Fsp3) is 0.600. The van der Waals surface area contributed by atoms with Gasteiger partial charge in [0.25, 0.3) is 0 Å². The number of methoxy groups -OCH3 is 1. The monoisotopic (exact) mass is 366 g/mol. The van der Waals surface area contributed by atoms with Crippen LogP contribution in [-0.2, 0) is 6.42 Å². The maximum Gasteiger partial charge on any atom is 0.391 e. The van der Waals surface area contributed by atoms with Crippen LogP contribution in [0.1, 0.15) is 31.2 Å². The molecule has 2 nitrogen and oxygen atoms in total. The Hall–Kier alpha value is -0.750. The Labute approximate surface area is 130 Å². The maximum absolute atomic E-state index is 12.7. The van der Waals surface area contributed by atoms with Crippen molar-refractivity contribution in [2.24, 2.45) is 5.92 Å². The highest BCUT2D eigenvalue weighted by Crippen LogP contribution is 2.43. The van der Waals surface area contributed by atoms with E-state index >= 15 is 0 Å². The number of benzene rings is 1. The van der Waals surface area contributed by atoms with E-state index in [0.29, 0.717) is 12.2 Å². The van der Waals surface area contributed by atoms with Gasteiger partial charge in [0.15, 0.2) is 0 Å². The predicted octanol–water partition coefficient (Wildman–Crippen LogP) is 4.48. The van der Waals surface area contributed by atoms with Crippen molar-refractivity contribution >= 4 is 15.9 Å². The average molecular weight is 367 g/mol. The van der Waals surface area contributed by atoms with E-state index in [-0.39, 0.29) is 25.7 Å². The van der Waals surface area contributed by atoms with Crippen LogP contribution < -0.4 is 4.74 Å². The molecule has 0 atom stereocenters. The van der Waals surface area contributed by atoms with E-state index in [1.54, 1.807) is 6.07 Å². The van der Waals surface area contributed by atoms with Gasteiger partial charge in [0.2, 0.25) is 0 Å². The van der Waals surface area contributed by atoms with Crippen molar-refractivity contribution in [1.82, 2.24) is 0 Å². The number of hydrogen-bond acceptors (Lipinski definition) is 2. The van der Waals surface area contributed by atoms with E-state index < -0.39 is 17.7 Å². The Morgan fingerprint density at radius 1 is 1.33 bits per heavy atom. The van der Waals surface area contributed by atoms with E-state index in [1.165, 1.54) is 7.11 Å². The van der Waals surface area contributed by atoms with E-state index in [2.05, 4.69) is 15.9 Å². The van der Waals surface area contributed by atoms with Crippen molar-refractivity contribution < 1.29 is 23.0 Å². The van der Waals surface area contributed by atoms with Gasteiger partial charge in [0, 0.05) is 10.9 Å². The Morgan fingerprint density at radius 3 is 2.48 bits per heavy atom. The summed E-state index contributed by atoms with van der Waals surface area (Å²) in [5, 5.41) is 10.6. The number of alkyl halides is 3. The van der Waals surface area contributed by atoms with Gasteiger partial charge >= 0.3 is 6.18 Å². The third-order valence-corrected chi connectivity index (χ3v) is 4.63. The fourth-order valence-electron chi connectivity index (χ4n) is 2.90. The first kappa shape index (κ1) is 16.6. The van der Waals surface area contributed by atoms with Crippen molar-refractivity contribution in [3.63, 3.8) is 0 Å². The summed E-state index contributed by atoms with van der Waals surface area (Å²) < 4.78 is 44.2. The highest BCUT2D eigenvalue weighted by Gasteiger charge is 2.45. The number of rotatable bonds is 3. The third kappa shape index (κ3) is 4.13. The van der Waals surface area contributed by atoms with Crippen molar-refractivity contribution in [2.75, 3.05) is 7.11 Å². The average Bonchev–Trinajstić information content (AvgIpc) is 2.38. The zero-order chi connectivity index (χ0) is 15.7. The summed E-state index contributed by atoms with van der Waals surface area (Å²) in [6, 6.07) is 5.45. The van der Waals surface area contributed by atoms with Crippen LogP contribution >= 0.6 is 15.9 Å². The molecule has 0 radical (unpaired) electrons. The van der Waals surface area contributed by atoms with E-state index in [1.807, 2.05) is 12.1 Å². The molecule has 1 N–H and O–H groups in total. The summed E-state index contributed by atoms with van der Waals surface area (Å²) >= 11 is 3.36. The zero-order valence-electron chi connectivity index (χ0n) is 11.7. The largest absolute Gasteiger partial charge is 0.496 e. The molecule has 6 heteroatoms. The highest BCUT2D eigenvalue weighted by molar-refractivity contribution is 9.10. The number of halogens is 4. The Morgan fingerprint density at radius 2 is 1.95 bits per heavy atom. The van der Waals surface area contributed by atoms with Crippen LogP contribution in [0.2, 0.25) is 0 Å². The summed E-state index contributed by atoms with van der Waals surface area (Å²) in [6.07, 6.45) is -3.57. The highest BCUT2D eigenvalue weighted by atomic mass is 79.9. The Kier molecular flexibility index (Phi) is 4.88.